The first kappa shape index (κ1) is 13.6. The second-order valence-corrected chi connectivity index (χ2v) is 6.59. The first-order valence-electron chi connectivity index (χ1n) is 6.67. The SMILES string of the molecule is CC(C)C(C)(C)CNc1cc(Cl)nc(C2CC2)n1. The predicted octanol–water partition coefficient (Wildman–Crippen LogP) is 4.10. The molecule has 1 saturated carbocycles. The van der Waals surface area contributed by atoms with Crippen molar-refractivity contribution < 1.29 is 0 Å². The van der Waals surface area contributed by atoms with E-state index in [0.717, 1.165) is 18.2 Å². The summed E-state index contributed by atoms with van der Waals surface area (Å²) in [7, 11) is 0. The average molecular weight is 268 g/mol. The van der Waals surface area contributed by atoms with Crippen LogP contribution in [0.4, 0.5) is 5.82 Å². The summed E-state index contributed by atoms with van der Waals surface area (Å²) in [6, 6.07) is 1.81. The van der Waals surface area contributed by atoms with Gasteiger partial charge in [0, 0.05) is 18.5 Å². The van der Waals surface area contributed by atoms with E-state index in [1.165, 1.54) is 12.8 Å². The molecule has 2 rings (SSSR count). The molecule has 0 amide bonds. The van der Waals surface area contributed by atoms with Crippen molar-refractivity contribution in [3.63, 3.8) is 0 Å². The Morgan fingerprint density at radius 2 is 2.06 bits per heavy atom. The van der Waals surface area contributed by atoms with E-state index < -0.39 is 0 Å². The van der Waals surface area contributed by atoms with Crippen LogP contribution in [-0.4, -0.2) is 16.5 Å². The normalized spacial score (nSPS) is 16.1. The third kappa shape index (κ3) is 3.35. The molecule has 4 heteroatoms. The van der Waals surface area contributed by atoms with Crippen LogP contribution in [0.5, 0.6) is 0 Å². The summed E-state index contributed by atoms with van der Waals surface area (Å²) in [6.07, 6.45) is 2.38. The van der Waals surface area contributed by atoms with Gasteiger partial charge in [-0.15, -0.1) is 0 Å². The maximum absolute atomic E-state index is 6.04. The summed E-state index contributed by atoms with van der Waals surface area (Å²) in [6.45, 7) is 9.89. The topological polar surface area (TPSA) is 37.8 Å². The van der Waals surface area contributed by atoms with Gasteiger partial charge in [0.2, 0.25) is 0 Å². The molecule has 1 aromatic heterocycles. The van der Waals surface area contributed by atoms with Crippen LogP contribution in [0, 0.1) is 11.3 Å². The number of rotatable bonds is 5. The molecule has 0 bridgehead atoms. The Kier molecular flexibility index (Phi) is 3.81. The van der Waals surface area contributed by atoms with E-state index in [-0.39, 0.29) is 5.41 Å². The number of nitrogens with one attached hydrogen (secondary N) is 1. The van der Waals surface area contributed by atoms with Crippen LogP contribution in [0.15, 0.2) is 6.07 Å². The average Bonchev–Trinajstić information content (AvgIpc) is 3.09. The van der Waals surface area contributed by atoms with Gasteiger partial charge in [0.15, 0.2) is 0 Å². The Bertz CT molecular complexity index is 425. The third-order valence-electron chi connectivity index (χ3n) is 3.94. The van der Waals surface area contributed by atoms with E-state index in [1.807, 2.05) is 6.07 Å². The summed E-state index contributed by atoms with van der Waals surface area (Å²) in [5.41, 5.74) is 0.233. The van der Waals surface area contributed by atoms with Crippen molar-refractivity contribution in [2.24, 2.45) is 11.3 Å². The minimum Gasteiger partial charge on any atom is -0.369 e. The van der Waals surface area contributed by atoms with Gasteiger partial charge in [-0.2, -0.15) is 0 Å². The lowest BCUT2D eigenvalue weighted by atomic mass is 9.81. The smallest absolute Gasteiger partial charge is 0.135 e. The molecule has 0 aliphatic heterocycles. The molecule has 1 aliphatic rings. The minimum absolute atomic E-state index is 0.233. The summed E-state index contributed by atoms with van der Waals surface area (Å²) < 4.78 is 0. The first-order valence-corrected chi connectivity index (χ1v) is 7.04. The molecule has 1 heterocycles. The largest absolute Gasteiger partial charge is 0.369 e. The molecule has 0 saturated heterocycles. The molecule has 0 unspecified atom stereocenters. The van der Waals surface area contributed by atoms with E-state index in [1.54, 1.807) is 0 Å². The van der Waals surface area contributed by atoms with Crippen LogP contribution < -0.4 is 5.32 Å². The van der Waals surface area contributed by atoms with Crippen molar-refractivity contribution in [1.82, 2.24) is 9.97 Å². The highest BCUT2D eigenvalue weighted by atomic mass is 35.5. The monoisotopic (exact) mass is 267 g/mol. The number of hydrogen-bond donors (Lipinski definition) is 1. The number of anilines is 1. The number of halogens is 1. The lowest BCUT2D eigenvalue weighted by molar-refractivity contribution is 0.269. The lowest BCUT2D eigenvalue weighted by Crippen LogP contribution is -2.28. The van der Waals surface area contributed by atoms with Crippen molar-refractivity contribution in [3.05, 3.63) is 17.0 Å². The predicted molar refractivity (Wildman–Crippen MR) is 76.1 cm³/mol. The van der Waals surface area contributed by atoms with Gasteiger partial charge in [-0.1, -0.05) is 39.3 Å². The molecule has 1 fully saturated rings. The van der Waals surface area contributed by atoms with Crippen LogP contribution in [0.1, 0.15) is 52.3 Å². The Morgan fingerprint density at radius 3 is 2.61 bits per heavy atom. The summed E-state index contributed by atoms with van der Waals surface area (Å²) in [5.74, 6) is 2.89. The zero-order valence-electron chi connectivity index (χ0n) is 11.6. The Labute approximate surface area is 114 Å². The summed E-state index contributed by atoms with van der Waals surface area (Å²) in [4.78, 5) is 8.84. The highest BCUT2D eigenvalue weighted by Gasteiger charge is 2.27. The van der Waals surface area contributed by atoms with Gasteiger partial charge < -0.3 is 5.32 Å². The Balaban J connectivity index is 2.05. The standard InChI is InChI=1S/C14H22ClN3/c1-9(2)14(3,4)8-16-12-7-11(15)17-13(18-12)10-5-6-10/h7,9-10H,5-6,8H2,1-4H3,(H,16,17,18). The van der Waals surface area contributed by atoms with Crippen LogP contribution in [0.3, 0.4) is 0 Å². The second-order valence-electron chi connectivity index (χ2n) is 6.21. The molecule has 0 radical (unpaired) electrons. The van der Waals surface area contributed by atoms with Gasteiger partial charge in [0.1, 0.15) is 16.8 Å². The van der Waals surface area contributed by atoms with Gasteiger partial charge in [-0.25, -0.2) is 9.97 Å². The zero-order chi connectivity index (χ0) is 13.3. The van der Waals surface area contributed by atoms with Gasteiger partial charge in [0.25, 0.3) is 0 Å². The Morgan fingerprint density at radius 1 is 1.39 bits per heavy atom. The van der Waals surface area contributed by atoms with Crippen molar-refractivity contribution >= 4 is 17.4 Å². The van der Waals surface area contributed by atoms with Crippen molar-refractivity contribution in [3.8, 4) is 0 Å². The van der Waals surface area contributed by atoms with E-state index in [0.29, 0.717) is 17.0 Å². The van der Waals surface area contributed by atoms with Gasteiger partial charge in [0.05, 0.1) is 0 Å². The molecule has 100 valence electrons. The molecule has 0 aromatic carbocycles. The molecule has 0 spiro atoms. The zero-order valence-corrected chi connectivity index (χ0v) is 12.4. The minimum atomic E-state index is 0.233. The molecule has 1 aliphatic carbocycles. The van der Waals surface area contributed by atoms with E-state index >= 15 is 0 Å². The quantitative estimate of drug-likeness (QED) is 0.816. The first-order chi connectivity index (χ1) is 8.38. The summed E-state index contributed by atoms with van der Waals surface area (Å²) >= 11 is 6.04. The van der Waals surface area contributed by atoms with E-state index in [4.69, 9.17) is 11.6 Å². The molecular formula is C14H22ClN3. The van der Waals surface area contributed by atoms with Crippen molar-refractivity contribution in [2.75, 3.05) is 11.9 Å². The van der Waals surface area contributed by atoms with Gasteiger partial charge >= 0.3 is 0 Å². The van der Waals surface area contributed by atoms with Crippen LogP contribution in [0.2, 0.25) is 5.15 Å². The fourth-order valence-corrected chi connectivity index (χ4v) is 1.76. The molecule has 3 nitrogen and oxygen atoms in total. The molecular weight excluding hydrogens is 246 g/mol. The van der Waals surface area contributed by atoms with Gasteiger partial charge in [-0.05, 0) is 24.2 Å². The molecule has 0 atom stereocenters. The van der Waals surface area contributed by atoms with Crippen molar-refractivity contribution in [1.29, 1.82) is 0 Å². The number of nitrogens with zero attached hydrogens (tertiary/aromatic N) is 2. The third-order valence-corrected chi connectivity index (χ3v) is 4.14. The Hall–Kier alpha value is -0.830. The van der Waals surface area contributed by atoms with E-state index in [9.17, 15) is 0 Å². The van der Waals surface area contributed by atoms with E-state index in [2.05, 4.69) is 43.0 Å². The van der Waals surface area contributed by atoms with Crippen LogP contribution in [-0.2, 0) is 0 Å². The molecule has 1 aromatic rings. The van der Waals surface area contributed by atoms with Gasteiger partial charge in [-0.3, -0.25) is 0 Å². The number of hydrogen-bond acceptors (Lipinski definition) is 3. The highest BCUT2D eigenvalue weighted by Crippen LogP contribution is 2.38. The second kappa shape index (κ2) is 5.04. The molecule has 1 N–H and O–H groups in total. The highest BCUT2D eigenvalue weighted by molar-refractivity contribution is 6.29. The maximum Gasteiger partial charge on any atom is 0.135 e. The molecule has 18 heavy (non-hydrogen) atoms. The van der Waals surface area contributed by atoms with Crippen molar-refractivity contribution in [2.45, 2.75) is 46.5 Å². The maximum atomic E-state index is 6.04. The van der Waals surface area contributed by atoms with Crippen LogP contribution in [0.25, 0.3) is 0 Å². The van der Waals surface area contributed by atoms with Crippen LogP contribution >= 0.6 is 11.6 Å². The fourth-order valence-electron chi connectivity index (χ4n) is 1.57. The number of aromatic nitrogens is 2. The lowest BCUT2D eigenvalue weighted by Gasteiger charge is -2.29. The fraction of sp³-hybridized carbons (Fsp3) is 0.714. The summed E-state index contributed by atoms with van der Waals surface area (Å²) in [5, 5.41) is 3.93.